The molecule has 2 aromatic heterocycles. The largest absolute Gasteiger partial charge is 0.418 e. The van der Waals surface area contributed by atoms with Crippen LogP contribution in [0.25, 0.3) is 10.8 Å². The molecule has 0 saturated carbocycles. The van der Waals surface area contributed by atoms with Gasteiger partial charge in [-0.1, -0.05) is 30.0 Å². The Labute approximate surface area is 154 Å². The number of anilines is 1. The molecule has 1 aromatic carbocycles. The number of nitrogens with zero attached hydrogens (tertiary/aromatic N) is 2. The van der Waals surface area contributed by atoms with Crippen LogP contribution in [-0.4, -0.2) is 21.4 Å². The summed E-state index contributed by atoms with van der Waals surface area (Å²) in [6.45, 7) is 1.55. The first-order valence-corrected chi connectivity index (χ1v) is 9.11. The Balaban J connectivity index is 1.68. The number of benzene rings is 1. The zero-order valence-electron chi connectivity index (χ0n) is 13.3. The summed E-state index contributed by atoms with van der Waals surface area (Å²) in [5.74, 6) is -0.264. The number of halogens is 3. The summed E-state index contributed by atoms with van der Waals surface area (Å²) < 4.78 is 44.5. The summed E-state index contributed by atoms with van der Waals surface area (Å²) in [7, 11) is 0. The highest BCUT2D eigenvalue weighted by atomic mass is 32.2. The minimum absolute atomic E-state index is 0.167. The van der Waals surface area contributed by atoms with Gasteiger partial charge < -0.3 is 9.73 Å². The first kappa shape index (κ1) is 18.5. The number of carbonyl (C=O) groups excluding carboxylic acids is 1. The molecule has 26 heavy (non-hydrogen) atoms. The lowest BCUT2D eigenvalue weighted by atomic mass is 10.1. The van der Waals surface area contributed by atoms with Gasteiger partial charge in [-0.25, -0.2) is 0 Å². The number of hydrogen-bond donors (Lipinski definition) is 1. The average Bonchev–Trinajstić information content (AvgIpc) is 3.25. The van der Waals surface area contributed by atoms with Crippen molar-refractivity contribution in [1.29, 1.82) is 0 Å². The van der Waals surface area contributed by atoms with Crippen molar-refractivity contribution < 1.29 is 22.4 Å². The van der Waals surface area contributed by atoms with Crippen LogP contribution in [-0.2, 0) is 11.0 Å². The minimum atomic E-state index is -4.55. The monoisotopic (exact) mass is 399 g/mol. The quantitative estimate of drug-likeness (QED) is 0.616. The fourth-order valence-electron chi connectivity index (χ4n) is 2.04. The molecule has 5 nitrogen and oxygen atoms in total. The van der Waals surface area contributed by atoms with Crippen molar-refractivity contribution in [1.82, 2.24) is 10.2 Å². The van der Waals surface area contributed by atoms with E-state index in [1.807, 2.05) is 17.5 Å². The van der Waals surface area contributed by atoms with Gasteiger partial charge in [0.25, 0.3) is 11.1 Å². The molecule has 136 valence electrons. The van der Waals surface area contributed by atoms with E-state index in [0.29, 0.717) is 5.89 Å². The highest BCUT2D eigenvalue weighted by Crippen LogP contribution is 2.35. The Morgan fingerprint density at radius 1 is 1.23 bits per heavy atom. The van der Waals surface area contributed by atoms with Gasteiger partial charge >= 0.3 is 6.18 Å². The maximum Gasteiger partial charge on any atom is 0.418 e. The van der Waals surface area contributed by atoms with Crippen LogP contribution < -0.4 is 5.32 Å². The van der Waals surface area contributed by atoms with E-state index < -0.39 is 22.9 Å². The van der Waals surface area contributed by atoms with Crippen LogP contribution in [0.5, 0.6) is 0 Å². The molecule has 0 aliphatic carbocycles. The molecule has 1 amide bonds. The molecule has 3 aromatic rings. The van der Waals surface area contributed by atoms with Gasteiger partial charge in [0.2, 0.25) is 5.91 Å². The van der Waals surface area contributed by atoms with E-state index in [4.69, 9.17) is 4.42 Å². The molecule has 10 heteroatoms. The third-order valence-electron chi connectivity index (χ3n) is 3.28. The number of alkyl halides is 3. The SMILES string of the molecule is CC(Sc1nnc(-c2cccs2)o1)C(=O)Nc1ccccc1C(F)(F)F. The molecule has 0 fully saturated rings. The van der Waals surface area contributed by atoms with Gasteiger partial charge in [-0.05, 0) is 30.5 Å². The number of para-hydroxylation sites is 1. The fraction of sp³-hybridized carbons (Fsp3) is 0.188. The van der Waals surface area contributed by atoms with Crippen molar-refractivity contribution >= 4 is 34.7 Å². The lowest BCUT2D eigenvalue weighted by Gasteiger charge is -2.15. The summed E-state index contributed by atoms with van der Waals surface area (Å²) in [6.07, 6.45) is -4.55. The topological polar surface area (TPSA) is 68.0 Å². The third kappa shape index (κ3) is 4.25. The number of rotatable bonds is 5. The Hall–Kier alpha value is -2.33. The third-order valence-corrected chi connectivity index (χ3v) is 5.07. The number of thioether (sulfide) groups is 1. The van der Waals surface area contributed by atoms with Crippen LogP contribution in [0.2, 0.25) is 0 Å². The van der Waals surface area contributed by atoms with E-state index in [1.54, 1.807) is 6.92 Å². The van der Waals surface area contributed by atoms with Gasteiger partial charge in [-0.15, -0.1) is 21.5 Å². The van der Waals surface area contributed by atoms with E-state index in [-0.39, 0.29) is 10.9 Å². The molecule has 0 radical (unpaired) electrons. The molecule has 0 aliphatic heterocycles. The standard InChI is InChI=1S/C16H12F3N3O2S2/c1-9(26-15-22-21-14(24-15)12-7-4-8-25-12)13(23)20-11-6-3-2-5-10(11)16(17,18)19/h2-9H,1H3,(H,20,23). The maximum absolute atomic E-state index is 13.0. The molecule has 0 spiro atoms. The molecule has 2 heterocycles. The van der Waals surface area contributed by atoms with E-state index in [0.717, 1.165) is 22.7 Å². The lowest BCUT2D eigenvalue weighted by molar-refractivity contribution is -0.137. The molecule has 0 saturated heterocycles. The zero-order valence-corrected chi connectivity index (χ0v) is 14.9. The zero-order chi connectivity index (χ0) is 18.7. The van der Waals surface area contributed by atoms with Gasteiger partial charge in [0, 0.05) is 0 Å². The average molecular weight is 399 g/mol. The molecule has 1 unspecified atom stereocenters. The van der Waals surface area contributed by atoms with Crippen LogP contribution in [0.1, 0.15) is 12.5 Å². The van der Waals surface area contributed by atoms with Gasteiger partial charge in [0.05, 0.1) is 21.4 Å². The smallest absolute Gasteiger partial charge is 0.410 e. The molecule has 0 bridgehead atoms. The molecular formula is C16H12F3N3O2S2. The van der Waals surface area contributed by atoms with Crippen molar-refractivity contribution in [2.75, 3.05) is 5.32 Å². The van der Waals surface area contributed by atoms with Crippen LogP contribution in [0.3, 0.4) is 0 Å². The van der Waals surface area contributed by atoms with Crippen molar-refractivity contribution in [2.45, 2.75) is 23.6 Å². The van der Waals surface area contributed by atoms with Crippen LogP contribution >= 0.6 is 23.1 Å². The Kier molecular flexibility index (Phi) is 5.33. The van der Waals surface area contributed by atoms with Crippen LogP contribution in [0.15, 0.2) is 51.4 Å². The number of aromatic nitrogens is 2. The first-order chi connectivity index (χ1) is 12.3. The number of amides is 1. The highest BCUT2D eigenvalue weighted by molar-refractivity contribution is 8.00. The minimum Gasteiger partial charge on any atom is -0.410 e. The summed E-state index contributed by atoms with van der Waals surface area (Å²) in [5.41, 5.74) is -1.19. The van der Waals surface area contributed by atoms with Gasteiger partial charge in [0.1, 0.15) is 0 Å². The second-order valence-electron chi connectivity index (χ2n) is 5.14. The van der Waals surface area contributed by atoms with Crippen LogP contribution in [0.4, 0.5) is 18.9 Å². The van der Waals surface area contributed by atoms with Gasteiger partial charge in [0.15, 0.2) is 0 Å². The van der Waals surface area contributed by atoms with Crippen molar-refractivity contribution in [3.05, 3.63) is 47.3 Å². The molecule has 1 N–H and O–H groups in total. The number of nitrogens with one attached hydrogen (secondary N) is 1. The first-order valence-electron chi connectivity index (χ1n) is 7.35. The lowest BCUT2D eigenvalue weighted by Crippen LogP contribution is -2.24. The molecule has 0 aliphatic rings. The summed E-state index contributed by atoms with van der Waals surface area (Å²) in [4.78, 5) is 13.0. The summed E-state index contributed by atoms with van der Waals surface area (Å²) in [5, 5.41) is 11.3. The van der Waals surface area contributed by atoms with E-state index in [1.165, 1.54) is 29.5 Å². The maximum atomic E-state index is 13.0. The Bertz CT molecular complexity index is 894. The number of carbonyl (C=O) groups is 1. The second kappa shape index (κ2) is 7.50. The Morgan fingerprint density at radius 2 is 2.00 bits per heavy atom. The van der Waals surface area contributed by atoms with Crippen molar-refractivity contribution in [3.63, 3.8) is 0 Å². The number of thiophene rings is 1. The van der Waals surface area contributed by atoms with Gasteiger partial charge in [-0.3, -0.25) is 4.79 Å². The highest BCUT2D eigenvalue weighted by Gasteiger charge is 2.34. The van der Waals surface area contributed by atoms with E-state index in [2.05, 4.69) is 15.5 Å². The molecule has 3 rings (SSSR count). The second-order valence-corrected chi connectivity index (χ2v) is 7.38. The predicted molar refractivity (Wildman–Crippen MR) is 93.0 cm³/mol. The summed E-state index contributed by atoms with van der Waals surface area (Å²) >= 11 is 2.40. The fourth-order valence-corrected chi connectivity index (χ4v) is 3.36. The predicted octanol–water partition coefficient (Wildman–Crippen LogP) is 4.94. The van der Waals surface area contributed by atoms with Crippen LogP contribution in [0, 0.1) is 0 Å². The van der Waals surface area contributed by atoms with Crippen molar-refractivity contribution in [3.8, 4) is 10.8 Å². The molecule has 1 atom stereocenters. The van der Waals surface area contributed by atoms with E-state index in [9.17, 15) is 18.0 Å². The van der Waals surface area contributed by atoms with Crippen molar-refractivity contribution in [2.24, 2.45) is 0 Å². The van der Waals surface area contributed by atoms with E-state index >= 15 is 0 Å². The Morgan fingerprint density at radius 3 is 2.69 bits per heavy atom. The summed E-state index contributed by atoms with van der Waals surface area (Å²) in [6, 6.07) is 8.47. The molecular weight excluding hydrogens is 387 g/mol. The van der Waals surface area contributed by atoms with Gasteiger partial charge in [-0.2, -0.15) is 13.2 Å². The normalized spacial score (nSPS) is 12.8. The number of hydrogen-bond acceptors (Lipinski definition) is 6.